The van der Waals surface area contributed by atoms with E-state index >= 15 is 0 Å². The monoisotopic (exact) mass is 397 g/mol. The summed E-state index contributed by atoms with van der Waals surface area (Å²) in [4.78, 5) is 27.3. The SMILES string of the molecule is CCOC(=O)C1=C(C)N(c2ccc(OC)cc2)C(=O)/C1=C\c1ccc(Cl)cc1. The Kier molecular flexibility index (Phi) is 5.85. The lowest BCUT2D eigenvalue weighted by Crippen LogP contribution is -2.24. The van der Waals surface area contributed by atoms with Crippen LogP contribution in [0.3, 0.4) is 0 Å². The minimum absolute atomic E-state index is 0.223. The standard InChI is InChI=1S/C22H20ClNO4/c1-4-28-22(26)20-14(2)24(17-9-11-18(27-3)12-10-17)21(25)19(20)13-15-5-7-16(23)8-6-15/h5-13H,4H2,1-3H3/b19-13-. The van der Waals surface area contributed by atoms with Crippen LogP contribution >= 0.6 is 11.6 Å². The van der Waals surface area contributed by atoms with Gasteiger partial charge in [-0.05, 0) is 61.9 Å². The van der Waals surface area contributed by atoms with Gasteiger partial charge in [-0.1, -0.05) is 23.7 Å². The molecule has 0 aromatic heterocycles. The summed E-state index contributed by atoms with van der Waals surface area (Å²) in [6.07, 6.45) is 1.68. The molecule has 1 aliphatic rings. The number of carbonyl (C=O) groups is 2. The zero-order chi connectivity index (χ0) is 20.3. The smallest absolute Gasteiger partial charge is 0.340 e. The summed E-state index contributed by atoms with van der Waals surface area (Å²) in [7, 11) is 1.58. The minimum Gasteiger partial charge on any atom is -0.497 e. The fourth-order valence-corrected chi connectivity index (χ4v) is 3.18. The number of methoxy groups -OCH3 is 1. The maximum Gasteiger partial charge on any atom is 0.340 e. The van der Waals surface area contributed by atoms with E-state index in [0.717, 1.165) is 5.56 Å². The maximum atomic E-state index is 13.2. The summed E-state index contributed by atoms with van der Waals surface area (Å²) in [5.41, 5.74) is 2.48. The molecule has 0 aliphatic carbocycles. The van der Waals surface area contributed by atoms with Gasteiger partial charge in [0.25, 0.3) is 5.91 Å². The molecule has 2 aromatic carbocycles. The molecule has 2 aromatic rings. The first-order valence-corrected chi connectivity index (χ1v) is 9.18. The third-order valence-electron chi connectivity index (χ3n) is 4.39. The molecule has 0 unspecified atom stereocenters. The van der Waals surface area contributed by atoms with Gasteiger partial charge in [0.05, 0.1) is 24.9 Å². The van der Waals surface area contributed by atoms with E-state index in [2.05, 4.69) is 0 Å². The Morgan fingerprint density at radius 2 is 1.75 bits per heavy atom. The number of amides is 1. The van der Waals surface area contributed by atoms with Gasteiger partial charge in [0.1, 0.15) is 5.75 Å². The number of benzene rings is 2. The Morgan fingerprint density at radius 3 is 2.32 bits per heavy atom. The number of anilines is 1. The molecule has 0 spiro atoms. The van der Waals surface area contributed by atoms with Crippen LogP contribution in [-0.2, 0) is 14.3 Å². The molecule has 0 atom stereocenters. The summed E-state index contributed by atoms with van der Waals surface area (Å²) in [6, 6.07) is 14.1. The lowest BCUT2D eigenvalue weighted by atomic mass is 10.0. The molecule has 144 valence electrons. The molecule has 0 saturated heterocycles. The number of ether oxygens (including phenoxy) is 2. The van der Waals surface area contributed by atoms with Crippen LogP contribution in [0.1, 0.15) is 19.4 Å². The number of rotatable bonds is 5. The molecule has 0 radical (unpaired) electrons. The highest BCUT2D eigenvalue weighted by Crippen LogP contribution is 2.36. The van der Waals surface area contributed by atoms with Crippen molar-refractivity contribution in [1.82, 2.24) is 0 Å². The largest absolute Gasteiger partial charge is 0.497 e. The Hall–Kier alpha value is -3.05. The highest BCUT2D eigenvalue weighted by Gasteiger charge is 2.38. The van der Waals surface area contributed by atoms with Gasteiger partial charge >= 0.3 is 5.97 Å². The van der Waals surface area contributed by atoms with Crippen LogP contribution in [0.5, 0.6) is 5.75 Å². The first-order valence-electron chi connectivity index (χ1n) is 8.80. The summed E-state index contributed by atoms with van der Waals surface area (Å²) < 4.78 is 10.4. The lowest BCUT2D eigenvalue weighted by molar-refractivity contribution is -0.138. The predicted octanol–water partition coefficient (Wildman–Crippen LogP) is 4.62. The summed E-state index contributed by atoms with van der Waals surface area (Å²) in [6.45, 7) is 3.69. The van der Waals surface area contributed by atoms with Crippen molar-refractivity contribution < 1.29 is 19.1 Å². The zero-order valence-corrected chi connectivity index (χ0v) is 16.6. The molecule has 3 rings (SSSR count). The van der Waals surface area contributed by atoms with E-state index in [1.807, 2.05) is 0 Å². The fourth-order valence-electron chi connectivity index (χ4n) is 3.05. The first-order chi connectivity index (χ1) is 13.5. The van der Waals surface area contributed by atoms with Gasteiger partial charge in [-0.25, -0.2) is 4.79 Å². The third-order valence-corrected chi connectivity index (χ3v) is 4.64. The molecule has 0 N–H and O–H groups in total. The van der Waals surface area contributed by atoms with Crippen molar-refractivity contribution in [2.45, 2.75) is 13.8 Å². The van der Waals surface area contributed by atoms with Crippen LogP contribution in [-0.4, -0.2) is 25.6 Å². The Morgan fingerprint density at radius 1 is 1.11 bits per heavy atom. The summed E-state index contributed by atoms with van der Waals surface area (Å²) >= 11 is 5.94. The molecule has 28 heavy (non-hydrogen) atoms. The topological polar surface area (TPSA) is 55.8 Å². The molecular formula is C22H20ClNO4. The number of nitrogens with zero attached hydrogens (tertiary/aromatic N) is 1. The van der Waals surface area contributed by atoms with E-state index in [1.165, 1.54) is 4.90 Å². The molecule has 1 amide bonds. The van der Waals surface area contributed by atoms with Gasteiger partial charge in [0, 0.05) is 16.4 Å². The van der Waals surface area contributed by atoms with Crippen LogP contribution in [0.4, 0.5) is 5.69 Å². The molecule has 1 heterocycles. The van der Waals surface area contributed by atoms with Gasteiger partial charge in [0.15, 0.2) is 0 Å². The van der Waals surface area contributed by atoms with E-state index in [9.17, 15) is 9.59 Å². The van der Waals surface area contributed by atoms with Gasteiger partial charge < -0.3 is 9.47 Å². The van der Waals surface area contributed by atoms with Crippen molar-refractivity contribution in [3.05, 3.63) is 76.0 Å². The van der Waals surface area contributed by atoms with E-state index in [1.54, 1.807) is 75.6 Å². The predicted molar refractivity (Wildman–Crippen MR) is 109 cm³/mol. The second-order valence-corrected chi connectivity index (χ2v) is 6.57. The van der Waals surface area contributed by atoms with Crippen molar-refractivity contribution in [1.29, 1.82) is 0 Å². The highest BCUT2D eigenvalue weighted by atomic mass is 35.5. The molecular weight excluding hydrogens is 378 g/mol. The maximum absolute atomic E-state index is 13.2. The van der Waals surface area contributed by atoms with Crippen molar-refractivity contribution in [2.24, 2.45) is 0 Å². The molecule has 1 aliphatic heterocycles. The van der Waals surface area contributed by atoms with Crippen LogP contribution < -0.4 is 9.64 Å². The Balaban J connectivity index is 2.09. The zero-order valence-electron chi connectivity index (χ0n) is 15.9. The van der Waals surface area contributed by atoms with E-state index in [-0.39, 0.29) is 23.7 Å². The quantitative estimate of drug-likeness (QED) is 0.545. The second-order valence-electron chi connectivity index (χ2n) is 6.13. The first kappa shape index (κ1) is 19.7. The van der Waals surface area contributed by atoms with Gasteiger partial charge in [0.2, 0.25) is 0 Å². The van der Waals surface area contributed by atoms with Crippen molar-refractivity contribution in [3.63, 3.8) is 0 Å². The number of hydrogen-bond donors (Lipinski definition) is 0. The van der Waals surface area contributed by atoms with Crippen LogP contribution in [0.15, 0.2) is 65.4 Å². The summed E-state index contributed by atoms with van der Waals surface area (Å²) in [5.74, 6) is -0.134. The third kappa shape index (κ3) is 3.80. The fraction of sp³-hybridized carbons (Fsp3) is 0.182. The van der Waals surface area contributed by atoms with E-state index in [4.69, 9.17) is 21.1 Å². The Labute approximate surface area is 168 Å². The van der Waals surface area contributed by atoms with E-state index in [0.29, 0.717) is 22.2 Å². The van der Waals surface area contributed by atoms with Crippen LogP contribution in [0.25, 0.3) is 6.08 Å². The molecule has 0 saturated carbocycles. The van der Waals surface area contributed by atoms with Gasteiger partial charge in [-0.3, -0.25) is 9.69 Å². The molecule has 0 bridgehead atoms. The lowest BCUT2D eigenvalue weighted by Gasteiger charge is -2.18. The average Bonchev–Trinajstić information content (AvgIpc) is 2.93. The van der Waals surface area contributed by atoms with Gasteiger partial charge in [-0.2, -0.15) is 0 Å². The number of carbonyl (C=O) groups excluding carboxylic acids is 2. The molecule has 6 heteroatoms. The molecule has 0 fully saturated rings. The summed E-state index contributed by atoms with van der Waals surface area (Å²) in [5, 5.41) is 0.595. The van der Waals surface area contributed by atoms with Crippen LogP contribution in [0.2, 0.25) is 5.02 Å². The van der Waals surface area contributed by atoms with Crippen molar-refractivity contribution in [3.8, 4) is 5.75 Å². The minimum atomic E-state index is -0.524. The number of esters is 1. The molecule has 5 nitrogen and oxygen atoms in total. The van der Waals surface area contributed by atoms with Gasteiger partial charge in [-0.15, -0.1) is 0 Å². The van der Waals surface area contributed by atoms with Crippen molar-refractivity contribution >= 4 is 35.2 Å². The number of halogens is 1. The number of allylic oxidation sites excluding steroid dienone is 1. The van der Waals surface area contributed by atoms with Crippen molar-refractivity contribution in [2.75, 3.05) is 18.6 Å². The van der Waals surface area contributed by atoms with Crippen LogP contribution in [0, 0.1) is 0 Å². The second kappa shape index (κ2) is 8.31. The number of hydrogen-bond acceptors (Lipinski definition) is 4. The average molecular weight is 398 g/mol. The highest BCUT2D eigenvalue weighted by molar-refractivity contribution is 6.30. The normalized spacial score (nSPS) is 15.4. The Bertz CT molecular complexity index is 959. The van der Waals surface area contributed by atoms with E-state index < -0.39 is 5.97 Å².